The van der Waals surface area contributed by atoms with Gasteiger partial charge in [-0.25, -0.2) is 4.39 Å². The van der Waals surface area contributed by atoms with Crippen molar-refractivity contribution in [1.82, 2.24) is 4.90 Å². The monoisotopic (exact) mass is 284 g/mol. The number of anilines is 1. The SMILES string of the molecule is Cc1ccc(C(=O)N2CCc3ccc(N)cc3C2)c(F)c1. The molecule has 0 spiro atoms. The zero-order valence-corrected chi connectivity index (χ0v) is 11.9. The quantitative estimate of drug-likeness (QED) is 0.818. The highest BCUT2D eigenvalue weighted by Gasteiger charge is 2.23. The van der Waals surface area contributed by atoms with E-state index in [2.05, 4.69) is 0 Å². The van der Waals surface area contributed by atoms with Crippen molar-refractivity contribution in [2.45, 2.75) is 19.9 Å². The number of halogens is 1. The van der Waals surface area contributed by atoms with Crippen LogP contribution in [0.3, 0.4) is 0 Å². The zero-order chi connectivity index (χ0) is 15.0. The second kappa shape index (κ2) is 5.20. The van der Waals surface area contributed by atoms with Gasteiger partial charge >= 0.3 is 0 Å². The maximum atomic E-state index is 13.9. The lowest BCUT2D eigenvalue weighted by Crippen LogP contribution is -2.36. The number of amides is 1. The fourth-order valence-electron chi connectivity index (χ4n) is 2.71. The number of hydrogen-bond acceptors (Lipinski definition) is 2. The molecule has 2 aromatic carbocycles. The van der Waals surface area contributed by atoms with E-state index in [9.17, 15) is 9.18 Å². The van der Waals surface area contributed by atoms with E-state index in [0.29, 0.717) is 18.8 Å². The van der Waals surface area contributed by atoms with Gasteiger partial charge < -0.3 is 10.6 Å². The first-order valence-electron chi connectivity index (χ1n) is 6.97. The van der Waals surface area contributed by atoms with Crippen molar-refractivity contribution in [2.75, 3.05) is 12.3 Å². The van der Waals surface area contributed by atoms with E-state index in [-0.39, 0.29) is 11.5 Å². The van der Waals surface area contributed by atoms with Crippen molar-refractivity contribution < 1.29 is 9.18 Å². The predicted octanol–water partition coefficient (Wildman–Crippen LogP) is 2.91. The molecule has 0 aromatic heterocycles. The number of aryl methyl sites for hydroxylation is 1. The van der Waals surface area contributed by atoms with Gasteiger partial charge in [0.15, 0.2) is 0 Å². The number of fused-ring (bicyclic) bond motifs is 1. The summed E-state index contributed by atoms with van der Waals surface area (Å²) in [6.45, 7) is 2.88. The summed E-state index contributed by atoms with van der Waals surface area (Å²) in [5, 5.41) is 0. The largest absolute Gasteiger partial charge is 0.399 e. The summed E-state index contributed by atoms with van der Waals surface area (Å²) in [6.07, 6.45) is 0.773. The van der Waals surface area contributed by atoms with Gasteiger partial charge in [0.05, 0.1) is 5.56 Å². The van der Waals surface area contributed by atoms with Gasteiger partial charge in [-0.05, 0) is 54.3 Å². The number of hydrogen-bond donors (Lipinski definition) is 1. The zero-order valence-electron chi connectivity index (χ0n) is 11.9. The Kier molecular flexibility index (Phi) is 3.37. The van der Waals surface area contributed by atoms with Crippen molar-refractivity contribution in [2.24, 2.45) is 0 Å². The van der Waals surface area contributed by atoms with E-state index in [0.717, 1.165) is 17.5 Å². The number of carbonyl (C=O) groups excluding carboxylic acids is 1. The average Bonchev–Trinajstić information content (AvgIpc) is 2.46. The summed E-state index contributed by atoms with van der Waals surface area (Å²) >= 11 is 0. The minimum Gasteiger partial charge on any atom is -0.399 e. The fourth-order valence-corrected chi connectivity index (χ4v) is 2.71. The van der Waals surface area contributed by atoms with Crippen LogP contribution in [0, 0.1) is 12.7 Å². The molecule has 0 unspecified atom stereocenters. The van der Waals surface area contributed by atoms with Gasteiger partial charge in [-0.15, -0.1) is 0 Å². The van der Waals surface area contributed by atoms with Crippen LogP contribution in [-0.4, -0.2) is 17.4 Å². The van der Waals surface area contributed by atoms with Crippen LogP contribution in [-0.2, 0) is 13.0 Å². The standard InChI is InChI=1S/C17H17FN2O/c1-11-2-5-15(16(18)8-11)17(21)20-7-6-12-3-4-14(19)9-13(12)10-20/h2-5,8-9H,6-7,10,19H2,1H3. The first-order valence-corrected chi connectivity index (χ1v) is 6.97. The smallest absolute Gasteiger partial charge is 0.257 e. The Hall–Kier alpha value is -2.36. The van der Waals surface area contributed by atoms with Gasteiger partial charge in [0.2, 0.25) is 0 Å². The van der Waals surface area contributed by atoms with Gasteiger partial charge in [0.25, 0.3) is 5.91 Å². The molecule has 4 heteroatoms. The predicted molar refractivity (Wildman–Crippen MR) is 80.4 cm³/mol. The Bertz CT molecular complexity index is 712. The fraction of sp³-hybridized carbons (Fsp3) is 0.235. The van der Waals surface area contributed by atoms with E-state index in [1.807, 2.05) is 18.2 Å². The molecule has 1 amide bonds. The molecule has 3 rings (SSSR count). The molecule has 0 fully saturated rings. The Morgan fingerprint density at radius 1 is 1.19 bits per heavy atom. The lowest BCUT2D eigenvalue weighted by Gasteiger charge is -2.29. The van der Waals surface area contributed by atoms with Crippen LogP contribution in [0.15, 0.2) is 36.4 Å². The third-order valence-corrected chi connectivity index (χ3v) is 3.88. The molecule has 0 aliphatic carbocycles. The molecular formula is C17H17FN2O. The lowest BCUT2D eigenvalue weighted by molar-refractivity contribution is 0.0730. The van der Waals surface area contributed by atoms with Crippen molar-refractivity contribution in [3.63, 3.8) is 0 Å². The van der Waals surface area contributed by atoms with Crippen molar-refractivity contribution in [3.8, 4) is 0 Å². The minimum absolute atomic E-state index is 0.132. The van der Waals surface area contributed by atoms with Crippen LogP contribution in [0.4, 0.5) is 10.1 Å². The molecule has 0 saturated carbocycles. The highest BCUT2D eigenvalue weighted by molar-refractivity contribution is 5.94. The summed E-state index contributed by atoms with van der Waals surface area (Å²) < 4.78 is 13.9. The Balaban J connectivity index is 1.87. The van der Waals surface area contributed by atoms with Gasteiger partial charge in [-0.3, -0.25) is 4.79 Å². The molecule has 0 bridgehead atoms. The van der Waals surface area contributed by atoms with E-state index in [1.54, 1.807) is 24.0 Å². The summed E-state index contributed by atoms with van der Waals surface area (Å²) in [6, 6.07) is 10.5. The number of benzene rings is 2. The number of nitrogens with two attached hydrogens (primary N) is 1. The minimum atomic E-state index is -0.460. The van der Waals surface area contributed by atoms with Crippen molar-refractivity contribution >= 4 is 11.6 Å². The maximum absolute atomic E-state index is 13.9. The first-order chi connectivity index (χ1) is 10.0. The summed E-state index contributed by atoms with van der Waals surface area (Å²) in [7, 11) is 0. The third kappa shape index (κ3) is 2.61. The number of carbonyl (C=O) groups is 1. The van der Waals surface area contributed by atoms with E-state index in [4.69, 9.17) is 5.73 Å². The summed E-state index contributed by atoms with van der Waals surface area (Å²) in [4.78, 5) is 14.2. The van der Waals surface area contributed by atoms with Gasteiger partial charge in [0.1, 0.15) is 5.82 Å². The van der Waals surface area contributed by atoms with Crippen LogP contribution in [0.1, 0.15) is 27.0 Å². The molecular weight excluding hydrogens is 267 g/mol. The molecule has 1 aliphatic rings. The topological polar surface area (TPSA) is 46.3 Å². The molecule has 3 nitrogen and oxygen atoms in total. The van der Waals surface area contributed by atoms with Gasteiger partial charge in [-0.2, -0.15) is 0 Å². The van der Waals surface area contributed by atoms with Gasteiger partial charge in [0, 0.05) is 18.8 Å². The normalized spacial score (nSPS) is 13.9. The first kappa shape index (κ1) is 13.6. The van der Waals surface area contributed by atoms with Crippen LogP contribution < -0.4 is 5.73 Å². The molecule has 108 valence electrons. The summed E-state index contributed by atoms with van der Waals surface area (Å²) in [5.74, 6) is -0.723. The highest BCUT2D eigenvalue weighted by Crippen LogP contribution is 2.23. The second-order valence-electron chi connectivity index (χ2n) is 5.49. The van der Waals surface area contributed by atoms with Gasteiger partial charge in [-0.1, -0.05) is 12.1 Å². The summed E-state index contributed by atoms with van der Waals surface area (Å²) in [5.41, 5.74) is 9.67. The molecule has 0 atom stereocenters. The molecule has 21 heavy (non-hydrogen) atoms. The molecule has 0 radical (unpaired) electrons. The van der Waals surface area contributed by atoms with Crippen LogP contribution >= 0.6 is 0 Å². The number of rotatable bonds is 1. The van der Waals surface area contributed by atoms with Crippen LogP contribution in [0.25, 0.3) is 0 Å². The molecule has 1 heterocycles. The number of nitrogens with zero attached hydrogens (tertiary/aromatic N) is 1. The Labute approximate surface area is 123 Å². The molecule has 0 saturated heterocycles. The Morgan fingerprint density at radius 2 is 2.00 bits per heavy atom. The van der Waals surface area contributed by atoms with Crippen molar-refractivity contribution in [1.29, 1.82) is 0 Å². The Morgan fingerprint density at radius 3 is 2.76 bits per heavy atom. The number of nitrogen functional groups attached to an aromatic ring is 1. The molecule has 1 aliphatic heterocycles. The van der Waals surface area contributed by atoms with E-state index < -0.39 is 5.82 Å². The second-order valence-corrected chi connectivity index (χ2v) is 5.49. The van der Waals surface area contributed by atoms with Crippen LogP contribution in [0.2, 0.25) is 0 Å². The van der Waals surface area contributed by atoms with Crippen LogP contribution in [0.5, 0.6) is 0 Å². The maximum Gasteiger partial charge on any atom is 0.257 e. The third-order valence-electron chi connectivity index (χ3n) is 3.88. The molecule has 2 N–H and O–H groups in total. The highest BCUT2D eigenvalue weighted by atomic mass is 19.1. The van der Waals surface area contributed by atoms with E-state index >= 15 is 0 Å². The average molecular weight is 284 g/mol. The van der Waals surface area contributed by atoms with E-state index in [1.165, 1.54) is 11.6 Å². The van der Waals surface area contributed by atoms with Crippen molar-refractivity contribution in [3.05, 3.63) is 64.5 Å². The lowest BCUT2D eigenvalue weighted by atomic mass is 9.98. The molecule has 2 aromatic rings.